The van der Waals surface area contributed by atoms with Gasteiger partial charge in [0.05, 0.1) is 0 Å². The van der Waals surface area contributed by atoms with E-state index in [9.17, 15) is 0 Å². The first-order valence-corrected chi connectivity index (χ1v) is 7.88. The second-order valence-corrected chi connectivity index (χ2v) is 6.22. The summed E-state index contributed by atoms with van der Waals surface area (Å²) >= 11 is 0. The summed E-state index contributed by atoms with van der Waals surface area (Å²) in [5, 5.41) is 3.80. The van der Waals surface area contributed by atoms with Crippen LogP contribution in [-0.4, -0.2) is 61.2 Å². The van der Waals surface area contributed by atoms with Crippen LogP contribution in [0.2, 0.25) is 0 Å². The van der Waals surface area contributed by atoms with Crippen molar-refractivity contribution in [3.8, 4) is 0 Å². The third kappa shape index (κ3) is 4.22. The number of likely N-dealkylation sites (tertiary alicyclic amines) is 1. The van der Waals surface area contributed by atoms with Crippen molar-refractivity contribution in [1.29, 1.82) is 0 Å². The van der Waals surface area contributed by atoms with Crippen molar-refractivity contribution in [3.63, 3.8) is 0 Å². The molecule has 1 heterocycles. The molecule has 0 radical (unpaired) electrons. The van der Waals surface area contributed by atoms with E-state index in [4.69, 9.17) is 0 Å². The number of nitrogens with zero attached hydrogens (tertiary/aromatic N) is 2. The predicted molar refractivity (Wildman–Crippen MR) is 78.0 cm³/mol. The lowest BCUT2D eigenvalue weighted by Crippen LogP contribution is -2.43. The minimum atomic E-state index is 0.683. The summed E-state index contributed by atoms with van der Waals surface area (Å²) in [5.74, 6) is 0. The van der Waals surface area contributed by atoms with Crippen LogP contribution in [0.25, 0.3) is 0 Å². The molecule has 1 saturated heterocycles. The molecule has 1 aliphatic heterocycles. The highest BCUT2D eigenvalue weighted by Crippen LogP contribution is 2.26. The van der Waals surface area contributed by atoms with Gasteiger partial charge in [-0.1, -0.05) is 6.92 Å². The van der Waals surface area contributed by atoms with Gasteiger partial charge in [0.15, 0.2) is 0 Å². The van der Waals surface area contributed by atoms with Crippen molar-refractivity contribution in [2.45, 2.75) is 64.1 Å². The Labute approximate surface area is 113 Å². The van der Waals surface area contributed by atoms with E-state index in [0.717, 1.165) is 18.6 Å². The van der Waals surface area contributed by atoms with Gasteiger partial charge < -0.3 is 10.2 Å². The molecule has 106 valence electrons. The lowest BCUT2D eigenvalue weighted by Gasteiger charge is -2.27. The first-order valence-electron chi connectivity index (χ1n) is 7.88. The van der Waals surface area contributed by atoms with Gasteiger partial charge in [0.1, 0.15) is 0 Å². The van der Waals surface area contributed by atoms with Gasteiger partial charge in [0.25, 0.3) is 0 Å². The number of hydrogen-bond acceptors (Lipinski definition) is 3. The maximum absolute atomic E-state index is 3.80. The van der Waals surface area contributed by atoms with E-state index >= 15 is 0 Å². The van der Waals surface area contributed by atoms with Crippen LogP contribution in [0, 0.1) is 0 Å². The zero-order valence-corrected chi connectivity index (χ0v) is 12.5. The molecule has 3 nitrogen and oxygen atoms in total. The van der Waals surface area contributed by atoms with Crippen molar-refractivity contribution in [1.82, 2.24) is 15.1 Å². The quantitative estimate of drug-likeness (QED) is 0.780. The topological polar surface area (TPSA) is 18.5 Å². The van der Waals surface area contributed by atoms with Gasteiger partial charge in [0, 0.05) is 24.7 Å². The van der Waals surface area contributed by atoms with Crippen LogP contribution in [0.5, 0.6) is 0 Å². The van der Waals surface area contributed by atoms with E-state index in [1.54, 1.807) is 0 Å². The van der Waals surface area contributed by atoms with Gasteiger partial charge >= 0.3 is 0 Å². The van der Waals surface area contributed by atoms with Crippen molar-refractivity contribution < 1.29 is 0 Å². The summed E-state index contributed by atoms with van der Waals surface area (Å²) in [7, 11) is 2.29. The monoisotopic (exact) mass is 253 g/mol. The molecule has 0 aromatic heterocycles. The van der Waals surface area contributed by atoms with Crippen LogP contribution in [0.3, 0.4) is 0 Å². The molecule has 2 atom stereocenters. The molecular weight excluding hydrogens is 222 g/mol. The zero-order chi connectivity index (χ0) is 13.0. The summed E-state index contributed by atoms with van der Waals surface area (Å²) in [6.07, 6.45) is 6.87. The van der Waals surface area contributed by atoms with Crippen molar-refractivity contribution in [2.75, 3.05) is 33.2 Å². The third-order valence-corrected chi connectivity index (χ3v) is 4.79. The van der Waals surface area contributed by atoms with Crippen molar-refractivity contribution in [3.05, 3.63) is 0 Å². The predicted octanol–water partition coefficient (Wildman–Crippen LogP) is 1.93. The van der Waals surface area contributed by atoms with Gasteiger partial charge in [-0.25, -0.2) is 0 Å². The lowest BCUT2D eigenvalue weighted by molar-refractivity contribution is 0.232. The number of rotatable bonds is 6. The molecule has 0 bridgehead atoms. The Morgan fingerprint density at radius 1 is 1.22 bits per heavy atom. The van der Waals surface area contributed by atoms with Crippen LogP contribution < -0.4 is 5.32 Å². The van der Waals surface area contributed by atoms with Crippen LogP contribution in [0.4, 0.5) is 0 Å². The van der Waals surface area contributed by atoms with E-state index < -0.39 is 0 Å². The minimum Gasteiger partial charge on any atom is -0.312 e. The highest BCUT2D eigenvalue weighted by Gasteiger charge is 2.29. The molecule has 0 aromatic carbocycles. The Bertz CT molecular complexity index is 240. The lowest BCUT2D eigenvalue weighted by atomic mass is 10.1. The number of nitrogens with one attached hydrogen (secondary N) is 1. The summed E-state index contributed by atoms with van der Waals surface area (Å²) in [4.78, 5) is 5.14. The highest BCUT2D eigenvalue weighted by molar-refractivity contribution is 4.86. The smallest absolute Gasteiger partial charge is 0.0192 e. The van der Waals surface area contributed by atoms with Gasteiger partial charge in [0.2, 0.25) is 0 Å². The van der Waals surface area contributed by atoms with Crippen molar-refractivity contribution >= 4 is 0 Å². The fourth-order valence-electron chi connectivity index (χ4n) is 3.00. The maximum Gasteiger partial charge on any atom is 0.0192 e. The van der Waals surface area contributed by atoms with E-state index in [1.807, 2.05) is 0 Å². The zero-order valence-electron chi connectivity index (χ0n) is 12.5. The molecule has 2 unspecified atom stereocenters. The summed E-state index contributed by atoms with van der Waals surface area (Å²) < 4.78 is 0. The van der Waals surface area contributed by atoms with Gasteiger partial charge in [-0.05, 0) is 65.7 Å². The Hall–Kier alpha value is -0.120. The molecule has 3 heteroatoms. The summed E-state index contributed by atoms with van der Waals surface area (Å²) in [6, 6.07) is 2.31. The molecule has 2 rings (SSSR count). The molecule has 1 N–H and O–H groups in total. The van der Waals surface area contributed by atoms with E-state index in [2.05, 4.69) is 36.0 Å². The van der Waals surface area contributed by atoms with Crippen molar-refractivity contribution in [2.24, 2.45) is 0 Å². The standard InChI is InChI=1S/C15H31N3/c1-4-18-10-5-6-14(9-11-18)16-12-13(2)17(3)15-7-8-15/h13-16H,4-12H2,1-3H3. The Morgan fingerprint density at radius 3 is 2.67 bits per heavy atom. The molecule has 2 aliphatic rings. The Kier molecular flexibility index (Phi) is 5.46. The van der Waals surface area contributed by atoms with E-state index in [0.29, 0.717) is 6.04 Å². The average Bonchev–Trinajstić information content (AvgIpc) is 3.21. The largest absolute Gasteiger partial charge is 0.312 e. The molecule has 18 heavy (non-hydrogen) atoms. The second kappa shape index (κ2) is 6.88. The van der Waals surface area contributed by atoms with Gasteiger partial charge in [-0.15, -0.1) is 0 Å². The fourth-order valence-corrected chi connectivity index (χ4v) is 3.00. The summed E-state index contributed by atoms with van der Waals surface area (Å²) in [6.45, 7) is 9.59. The molecule has 0 spiro atoms. The molecule has 2 fully saturated rings. The number of likely N-dealkylation sites (N-methyl/N-ethyl adjacent to an activating group) is 1. The van der Waals surface area contributed by atoms with Gasteiger partial charge in [-0.2, -0.15) is 0 Å². The van der Waals surface area contributed by atoms with Crippen LogP contribution in [0.15, 0.2) is 0 Å². The SMILES string of the molecule is CCN1CCCC(NCC(C)N(C)C2CC2)CC1. The number of hydrogen-bond donors (Lipinski definition) is 1. The first kappa shape index (κ1) is 14.3. The molecule has 0 amide bonds. The molecule has 1 saturated carbocycles. The van der Waals surface area contributed by atoms with E-state index in [1.165, 1.54) is 51.7 Å². The second-order valence-electron chi connectivity index (χ2n) is 6.22. The van der Waals surface area contributed by atoms with Crippen LogP contribution >= 0.6 is 0 Å². The van der Waals surface area contributed by atoms with E-state index in [-0.39, 0.29) is 0 Å². The maximum atomic E-state index is 3.80. The first-order chi connectivity index (χ1) is 8.70. The third-order valence-electron chi connectivity index (χ3n) is 4.79. The Morgan fingerprint density at radius 2 is 2.00 bits per heavy atom. The minimum absolute atomic E-state index is 0.683. The molecular formula is C15H31N3. The fraction of sp³-hybridized carbons (Fsp3) is 1.00. The van der Waals surface area contributed by atoms with Crippen LogP contribution in [-0.2, 0) is 0 Å². The Balaban J connectivity index is 1.66. The van der Waals surface area contributed by atoms with Crippen LogP contribution in [0.1, 0.15) is 46.0 Å². The molecule has 1 aliphatic carbocycles. The molecule has 0 aromatic rings. The van der Waals surface area contributed by atoms with Gasteiger partial charge in [-0.3, -0.25) is 4.90 Å². The average molecular weight is 253 g/mol. The highest BCUT2D eigenvalue weighted by atomic mass is 15.2. The normalized spacial score (nSPS) is 28.3. The summed E-state index contributed by atoms with van der Waals surface area (Å²) in [5.41, 5.74) is 0.